The molecule has 1 unspecified atom stereocenters. The Labute approximate surface area is 95.4 Å². The molecule has 0 saturated heterocycles. The maximum absolute atomic E-state index is 12.0. The standard InChI is InChI=1S/C10H18N2O2S/c1-7(9(11)15)10(14)12(5-6-13)8-3-2-4-8/h7-8,13H,2-6H2,1H3,(H2,11,15). The van der Waals surface area contributed by atoms with Gasteiger partial charge in [-0.3, -0.25) is 4.79 Å². The van der Waals surface area contributed by atoms with Crippen molar-refractivity contribution in [2.24, 2.45) is 11.7 Å². The minimum absolute atomic E-state index is 0.00765. The fourth-order valence-corrected chi connectivity index (χ4v) is 1.75. The molecule has 1 amide bonds. The molecule has 5 heteroatoms. The molecule has 86 valence electrons. The van der Waals surface area contributed by atoms with Crippen LogP contribution in [0.25, 0.3) is 0 Å². The second-order valence-corrected chi connectivity index (χ2v) is 4.44. The Kier molecular flexibility index (Phi) is 4.47. The number of rotatable bonds is 5. The van der Waals surface area contributed by atoms with Crippen LogP contribution in [0, 0.1) is 5.92 Å². The maximum Gasteiger partial charge on any atom is 0.232 e. The van der Waals surface area contributed by atoms with E-state index in [-0.39, 0.29) is 23.5 Å². The predicted molar refractivity (Wildman–Crippen MR) is 62.4 cm³/mol. The number of hydrogen-bond acceptors (Lipinski definition) is 3. The molecule has 0 aromatic heterocycles. The Morgan fingerprint density at radius 2 is 2.27 bits per heavy atom. The summed E-state index contributed by atoms with van der Waals surface area (Å²) in [4.78, 5) is 13.9. The first kappa shape index (κ1) is 12.4. The maximum atomic E-state index is 12.0. The zero-order chi connectivity index (χ0) is 11.4. The van der Waals surface area contributed by atoms with Crippen molar-refractivity contribution in [3.05, 3.63) is 0 Å². The van der Waals surface area contributed by atoms with Gasteiger partial charge in [-0.1, -0.05) is 12.2 Å². The van der Waals surface area contributed by atoms with Crippen LogP contribution in [-0.4, -0.2) is 40.1 Å². The molecule has 0 radical (unpaired) electrons. The van der Waals surface area contributed by atoms with E-state index in [0.717, 1.165) is 19.3 Å². The van der Waals surface area contributed by atoms with Gasteiger partial charge in [0, 0.05) is 12.6 Å². The number of aliphatic hydroxyl groups is 1. The van der Waals surface area contributed by atoms with Crippen LogP contribution in [0.15, 0.2) is 0 Å². The van der Waals surface area contributed by atoms with E-state index in [4.69, 9.17) is 23.1 Å². The van der Waals surface area contributed by atoms with Crippen LogP contribution in [0.1, 0.15) is 26.2 Å². The molecule has 0 bridgehead atoms. The molecule has 0 aromatic carbocycles. The molecule has 1 fully saturated rings. The quantitative estimate of drug-likeness (QED) is 0.666. The van der Waals surface area contributed by atoms with Crippen LogP contribution in [0.5, 0.6) is 0 Å². The minimum atomic E-state index is -0.424. The SMILES string of the molecule is CC(C(=O)N(CCO)C1CCC1)C(N)=S. The summed E-state index contributed by atoms with van der Waals surface area (Å²) >= 11 is 4.81. The lowest BCUT2D eigenvalue weighted by Gasteiger charge is -2.38. The lowest BCUT2D eigenvalue weighted by Crippen LogP contribution is -2.49. The molecule has 1 saturated carbocycles. The van der Waals surface area contributed by atoms with Crippen molar-refractivity contribution in [2.45, 2.75) is 32.2 Å². The van der Waals surface area contributed by atoms with Crippen LogP contribution >= 0.6 is 12.2 Å². The monoisotopic (exact) mass is 230 g/mol. The summed E-state index contributed by atoms with van der Waals surface area (Å²) in [6, 6.07) is 0.279. The third kappa shape index (κ3) is 2.89. The first-order chi connectivity index (χ1) is 7.07. The van der Waals surface area contributed by atoms with Crippen molar-refractivity contribution >= 4 is 23.1 Å². The highest BCUT2D eigenvalue weighted by Gasteiger charge is 2.31. The van der Waals surface area contributed by atoms with Gasteiger partial charge in [0.05, 0.1) is 17.5 Å². The summed E-state index contributed by atoms with van der Waals surface area (Å²) in [6.45, 7) is 2.09. The Hall–Kier alpha value is -0.680. The van der Waals surface area contributed by atoms with Gasteiger partial charge in [-0.2, -0.15) is 0 Å². The van der Waals surface area contributed by atoms with Crippen LogP contribution in [0.4, 0.5) is 0 Å². The summed E-state index contributed by atoms with van der Waals surface area (Å²) in [5.74, 6) is -0.478. The molecular formula is C10H18N2O2S. The highest BCUT2D eigenvalue weighted by molar-refractivity contribution is 7.80. The molecule has 0 aromatic rings. The van der Waals surface area contributed by atoms with Gasteiger partial charge in [0.2, 0.25) is 5.91 Å². The number of amides is 1. The summed E-state index contributed by atoms with van der Waals surface area (Å²) < 4.78 is 0. The average Bonchev–Trinajstić information content (AvgIpc) is 2.12. The molecule has 15 heavy (non-hydrogen) atoms. The van der Waals surface area contributed by atoms with Crippen molar-refractivity contribution < 1.29 is 9.90 Å². The number of carbonyl (C=O) groups is 1. The second-order valence-electron chi connectivity index (χ2n) is 3.96. The van der Waals surface area contributed by atoms with Crippen molar-refractivity contribution in [3.8, 4) is 0 Å². The Balaban J connectivity index is 2.61. The number of hydrogen-bond donors (Lipinski definition) is 2. The van der Waals surface area contributed by atoms with Crippen LogP contribution in [0.2, 0.25) is 0 Å². The van der Waals surface area contributed by atoms with Gasteiger partial charge in [-0.25, -0.2) is 0 Å². The lowest BCUT2D eigenvalue weighted by atomic mass is 9.90. The molecule has 1 rings (SSSR count). The third-order valence-electron chi connectivity index (χ3n) is 2.94. The Morgan fingerprint density at radius 3 is 2.60 bits per heavy atom. The van der Waals surface area contributed by atoms with E-state index < -0.39 is 5.92 Å². The second kappa shape index (κ2) is 5.42. The fourth-order valence-electron chi connectivity index (χ4n) is 1.65. The van der Waals surface area contributed by atoms with Gasteiger partial charge < -0.3 is 15.7 Å². The van der Waals surface area contributed by atoms with E-state index >= 15 is 0 Å². The molecule has 3 N–H and O–H groups in total. The third-order valence-corrected chi connectivity index (χ3v) is 3.29. The molecule has 0 aliphatic heterocycles. The average molecular weight is 230 g/mol. The predicted octanol–water partition coefficient (Wildman–Crippen LogP) is 0.282. The summed E-state index contributed by atoms with van der Waals surface area (Å²) in [5, 5.41) is 8.92. The number of aliphatic hydroxyl groups excluding tert-OH is 1. The van der Waals surface area contributed by atoms with Gasteiger partial charge in [-0.05, 0) is 26.2 Å². The van der Waals surface area contributed by atoms with Gasteiger partial charge in [-0.15, -0.1) is 0 Å². The Bertz CT molecular complexity index is 254. The molecule has 1 aliphatic rings. The van der Waals surface area contributed by atoms with E-state index in [1.54, 1.807) is 11.8 Å². The number of carbonyl (C=O) groups excluding carboxylic acids is 1. The number of thiocarbonyl (C=S) groups is 1. The topological polar surface area (TPSA) is 66.6 Å². The fraction of sp³-hybridized carbons (Fsp3) is 0.800. The smallest absolute Gasteiger partial charge is 0.232 e. The summed E-state index contributed by atoms with van der Waals surface area (Å²) in [7, 11) is 0. The molecule has 1 atom stereocenters. The summed E-state index contributed by atoms with van der Waals surface area (Å²) in [5.41, 5.74) is 5.45. The first-order valence-corrected chi connectivity index (χ1v) is 5.69. The van der Waals surface area contributed by atoms with Crippen LogP contribution < -0.4 is 5.73 Å². The van der Waals surface area contributed by atoms with Crippen molar-refractivity contribution in [1.29, 1.82) is 0 Å². The lowest BCUT2D eigenvalue weighted by molar-refractivity contribution is -0.137. The highest BCUT2D eigenvalue weighted by atomic mass is 32.1. The first-order valence-electron chi connectivity index (χ1n) is 5.28. The molecular weight excluding hydrogens is 212 g/mol. The number of nitrogens with two attached hydrogens (primary N) is 1. The Morgan fingerprint density at radius 1 is 1.67 bits per heavy atom. The number of nitrogens with zero attached hydrogens (tertiary/aromatic N) is 1. The molecule has 0 heterocycles. The summed E-state index contributed by atoms with van der Waals surface area (Å²) in [6.07, 6.45) is 3.20. The van der Waals surface area contributed by atoms with Gasteiger partial charge in [0.1, 0.15) is 0 Å². The zero-order valence-corrected chi connectivity index (χ0v) is 9.80. The van der Waals surface area contributed by atoms with E-state index in [0.29, 0.717) is 6.54 Å². The molecule has 4 nitrogen and oxygen atoms in total. The van der Waals surface area contributed by atoms with E-state index in [9.17, 15) is 4.79 Å². The van der Waals surface area contributed by atoms with Crippen molar-refractivity contribution in [2.75, 3.05) is 13.2 Å². The zero-order valence-electron chi connectivity index (χ0n) is 8.98. The molecule has 1 aliphatic carbocycles. The van der Waals surface area contributed by atoms with E-state index in [2.05, 4.69) is 0 Å². The van der Waals surface area contributed by atoms with Crippen LogP contribution in [-0.2, 0) is 4.79 Å². The largest absolute Gasteiger partial charge is 0.395 e. The minimum Gasteiger partial charge on any atom is -0.395 e. The van der Waals surface area contributed by atoms with Gasteiger partial charge in [0.25, 0.3) is 0 Å². The van der Waals surface area contributed by atoms with Crippen LogP contribution in [0.3, 0.4) is 0 Å². The highest BCUT2D eigenvalue weighted by Crippen LogP contribution is 2.25. The molecule has 0 spiro atoms. The van der Waals surface area contributed by atoms with E-state index in [1.165, 1.54) is 0 Å². The van der Waals surface area contributed by atoms with Gasteiger partial charge >= 0.3 is 0 Å². The normalized spacial score (nSPS) is 18.0. The van der Waals surface area contributed by atoms with Crippen molar-refractivity contribution in [1.82, 2.24) is 4.90 Å². The van der Waals surface area contributed by atoms with Gasteiger partial charge in [0.15, 0.2) is 0 Å². The van der Waals surface area contributed by atoms with Crippen molar-refractivity contribution in [3.63, 3.8) is 0 Å². The van der Waals surface area contributed by atoms with E-state index in [1.807, 2.05) is 0 Å².